The average Bonchev–Trinajstić information content (AvgIpc) is 2.97. The minimum absolute atomic E-state index is 0.351. The van der Waals surface area contributed by atoms with Crippen LogP contribution in [0.25, 0.3) is 18.2 Å². The number of nitrogens with one attached hydrogen (secondary N) is 1. The predicted molar refractivity (Wildman–Crippen MR) is 152 cm³/mol. The first-order valence-corrected chi connectivity index (χ1v) is 11.9. The molecule has 0 atom stereocenters. The van der Waals surface area contributed by atoms with E-state index in [1.807, 2.05) is 36.4 Å². The van der Waals surface area contributed by atoms with Crippen LogP contribution in [0.5, 0.6) is 40.2 Å². The number of ether oxygens (including phenoxy) is 7. The highest BCUT2D eigenvalue weighted by molar-refractivity contribution is 6.03. The van der Waals surface area contributed by atoms with Crippen molar-refractivity contribution < 1.29 is 38.0 Å². The van der Waals surface area contributed by atoms with Crippen LogP contribution in [0.4, 0.5) is 5.69 Å². The van der Waals surface area contributed by atoms with Crippen LogP contribution < -0.4 is 38.5 Å². The molecule has 3 rings (SSSR count). The molecule has 0 saturated heterocycles. The third kappa shape index (κ3) is 6.95. The topological polar surface area (TPSA) is 93.7 Å². The number of amides is 1. The first-order valence-electron chi connectivity index (χ1n) is 11.9. The van der Waals surface area contributed by atoms with Crippen molar-refractivity contribution in [2.75, 3.05) is 55.1 Å². The van der Waals surface area contributed by atoms with E-state index in [1.165, 1.54) is 20.3 Å². The second kappa shape index (κ2) is 13.7. The van der Waals surface area contributed by atoms with Gasteiger partial charge in [-0.15, -0.1) is 0 Å². The molecule has 206 valence electrons. The summed E-state index contributed by atoms with van der Waals surface area (Å²) >= 11 is 0. The first kappa shape index (κ1) is 28.8. The Hall–Kier alpha value is -4.79. The summed E-state index contributed by atoms with van der Waals surface area (Å²) in [5.74, 6) is 3.27. The molecule has 0 aromatic heterocycles. The Morgan fingerprint density at radius 3 is 1.54 bits per heavy atom. The van der Waals surface area contributed by atoms with Crippen LogP contribution >= 0.6 is 0 Å². The predicted octanol–water partition coefficient (Wildman–Crippen LogP) is 5.57. The summed E-state index contributed by atoms with van der Waals surface area (Å²) in [5.41, 5.74) is 2.81. The molecular formula is C30H33NO8. The zero-order chi connectivity index (χ0) is 28.4. The number of hydrogen-bond donors (Lipinski definition) is 1. The normalized spacial score (nSPS) is 10.8. The van der Waals surface area contributed by atoms with Crippen LogP contribution in [0.3, 0.4) is 0 Å². The molecule has 0 aliphatic carbocycles. The highest BCUT2D eigenvalue weighted by Crippen LogP contribution is 2.40. The molecule has 1 N–H and O–H groups in total. The highest BCUT2D eigenvalue weighted by atomic mass is 16.5. The van der Waals surface area contributed by atoms with Crippen molar-refractivity contribution in [2.45, 2.75) is 0 Å². The number of hydrogen-bond acceptors (Lipinski definition) is 8. The third-order valence-electron chi connectivity index (χ3n) is 5.75. The Labute approximate surface area is 228 Å². The molecule has 1 amide bonds. The van der Waals surface area contributed by atoms with Gasteiger partial charge in [0.15, 0.2) is 34.5 Å². The molecule has 0 spiro atoms. The minimum Gasteiger partial charge on any atom is -0.493 e. The molecule has 39 heavy (non-hydrogen) atoms. The zero-order valence-electron chi connectivity index (χ0n) is 23.1. The van der Waals surface area contributed by atoms with Gasteiger partial charge in [-0.3, -0.25) is 4.79 Å². The first-order chi connectivity index (χ1) is 18.9. The van der Waals surface area contributed by atoms with Crippen molar-refractivity contribution in [1.82, 2.24) is 0 Å². The minimum atomic E-state index is -0.351. The summed E-state index contributed by atoms with van der Waals surface area (Å²) in [6.45, 7) is 0. The maximum atomic E-state index is 12.8. The fourth-order valence-corrected chi connectivity index (χ4v) is 3.87. The van der Waals surface area contributed by atoms with E-state index in [0.717, 1.165) is 16.7 Å². The van der Waals surface area contributed by atoms with Gasteiger partial charge in [0, 0.05) is 6.08 Å². The second-order valence-electron chi connectivity index (χ2n) is 8.03. The summed E-state index contributed by atoms with van der Waals surface area (Å²) in [5, 5.41) is 2.87. The van der Waals surface area contributed by atoms with Crippen LogP contribution in [0.2, 0.25) is 0 Å². The SMILES string of the molecule is COc1ccc(/C=C/C(=O)Nc2cc(/C=C/c3cc(OC)c(OC)c(OC)c3)cc(OC)c2OC)cc1OC. The van der Waals surface area contributed by atoms with Gasteiger partial charge in [-0.2, -0.15) is 0 Å². The van der Waals surface area contributed by atoms with Crippen molar-refractivity contribution in [3.8, 4) is 40.2 Å². The summed E-state index contributed by atoms with van der Waals surface area (Å²) in [7, 11) is 10.8. The van der Waals surface area contributed by atoms with Gasteiger partial charge in [0.2, 0.25) is 11.7 Å². The Morgan fingerprint density at radius 2 is 1.03 bits per heavy atom. The van der Waals surface area contributed by atoms with Crippen molar-refractivity contribution >= 4 is 29.8 Å². The Balaban J connectivity index is 1.89. The molecule has 0 heterocycles. The van der Waals surface area contributed by atoms with Gasteiger partial charge in [0.1, 0.15) is 0 Å². The standard InChI is InChI=1S/C30H33NO8/c1-33-23-12-10-19(15-24(23)34-2)11-13-28(32)31-22-14-20(16-25(35-3)29(22)38-6)8-9-21-17-26(36-4)30(39-7)27(18-21)37-5/h8-18H,1-7H3,(H,31,32)/b9-8+,13-11+. The van der Waals surface area contributed by atoms with E-state index >= 15 is 0 Å². The number of benzene rings is 3. The van der Waals surface area contributed by atoms with Gasteiger partial charge in [-0.1, -0.05) is 18.2 Å². The lowest BCUT2D eigenvalue weighted by Crippen LogP contribution is -2.09. The number of carbonyl (C=O) groups excluding carboxylic acids is 1. The van der Waals surface area contributed by atoms with E-state index in [0.29, 0.717) is 45.9 Å². The zero-order valence-corrected chi connectivity index (χ0v) is 23.1. The number of rotatable bonds is 12. The van der Waals surface area contributed by atoms with E-state index in [9.17, 15) is 4.79 Å². The van der Waals surface area contributed by atoms with Crippen LogP contribution in [0, 0.1) is 0 Å². The van der Waals surface area contributed by atoms with Crippen molar-refractivity contribution in [1.29, 1.82) is 0 Å². The summed E-state index contributed by atoms with van der Waals surface area (Å²) in [6.07, 6.45) is 6.85. The summed E-state index contributed by atoms with van der Waals surface area (Å²) in [6, 6.07) is 12.6. The molecular weight excluding hydrogens is 502 g/mol. The van der Waals surface area contributed by atoms with Gasteiger partial charge >= 0.3 is 0 Å². The molecule has 9 nitrogen and oxygen atoms in total. The molecule has 0 aliphatic rings. The Bertz CT molecular complexity index is 1340. The molecule has 0 bridgehead atoms. The number of anilines is 1. The second-order valence-corrected chi connectivity index (χ2v) is 8.03. The smallest absolute Gasteiger partial charge is 0.248 e. The maximum absolute atomic E-state index is 12.8. The van der Waals surface area contributed by atoms with E-state index in [2.05, 4.69) is 5.32 Å². The lowest BCUT2D eigenvalue weighted by molar-refractivity contribution is -0.111. The number of carbonyl (C=O) groups is 1. The summed E-state index contributed by atoms with van der Waals surface area (Å²) in [4.78, 5) is 12.8. The van der Waals surface area contributed by atoms with E-state index in [4.69, 9.17) is 33.2 Å². The Morgan fingerprint density at radius 1 is 0.538 bits per heavy atom. The monoisotopic (exact) mass is 535 g/mol. The van der Waals surface area contributed by atoms with Crippen molar-refractivity contribution in [3.63, 3.8) is 0 Å². The van der Waals surface area contributed by atoms with Crippen molar-refractivity contribution in [2.24, 2.45) is 0 Å². The van der Waals surface area contributed by atoms with E-state index in [-0.39, 0.29) is 5.91 Å². The van der Waals surface area contributed by atoms with Gasteiger partial charge in [-0.25, -0.2) is 0 Å². The van der Waals surface area contributed by atoms with E-state index in [1.54, 1.807) is 59.8 Å². The van der Waals surface area contributed by atoms with Gasteiger partial charge in [-0.05, 0) is 59.2 Å². The van der Waals surface area contributed by atoms with Crippen LogP contribution in [0.1, 0.15) is 16.7 Å². The molecule has 0 radical (unpaired) electrons. The molecule has 0 unspecified atom stereocenters. The fraction of sp³-hybridized carbons (Fsp3) is 0.233. The van der Waals surface area contributed by atoms with Gasteiger partial charge < -0.3 is 38.5 Å². The van der Waals surface area contributed by atoms with E-state index < -0.39 is 0 Å². The van der Waals surface area contributed by atoms with Crippen molar-refractivity contribution in [3.05, 3.63) is 65.2 Å². The molecule has 9 heteroatoms. The van der Waals surface area contributed by atoms with Crippen LogP contribution in [-0.2, 0) is 4.79 Å². The lowest BCUT2D eigenvalue weighted by Gasteiger charge is -2.15. The molecule has 3 aromatic rings. The number of methoxy groups -OCH3 is 7. The van der Waals surface area contributed by atoms with Crippen LogP contribution in [0.15, 0.2) is 48.5 Å². The van der Waals surface area contributed by atoms with Gasteiger partial charge in [0.05, 0.1) is 55.5 Å². The van der Waals surface area contributed by atoms with Crippen LogP contribution in [-0.4, -0.2) is 55.7 Å². The van der Waals surface area contributed by atoms with Gasteiger partial charge in [0.25, 0.3) is 0 Å². The lowest BCUT2D eigenvalue weighted by atomic mass is 10.1. The summed E-state index contributed by atoms with van der Waals surface area (Å²) < 4.78 is 37.9. The Kier molecular flexibility index (Phi) is 10.1. The molecule has 0 aliphatic heterocycles. The molecule has 0 fully saturated rings. The fourth-order valence-electron chi connectivity index (χ4n) is 3.87. The maximum Gasteiger partial charge on any atom is 0.248 e. The quantitative estimate of drug-likeness (QED) is 0.238. The largest absolute Gasteiger partial charge is 0.493 e. The average molecular weight is 536 g/mol. The highest BCUT2D eigenvalue weighted by Gasteiger charge is 2.15. The molecule has 3 aromatic carbocycles. The third-order valence-corrected chi connectivity index (χ3v) is 5.75. The molecule has 0 saturated carbocycles.